The van der Waals surface area contributed by atoms with Gasteiger partial charge in [0.05, 0.1) is 0 Å². The van der Waals surface area contributed by atoms with Gasteiger partial charge in [0.15, 0.2) is 0 Å². The molecule has 0 amide bonds. The van der Waals surface area contributed by atoms with Gasteiger partial charge in [-0.2, -0.15) is 0 Å². The quantitative estimate of drug-likeness (QED) is 0.897. The lowest BCUT2D eigenvalue weighted by atomic mass is 10.2. The zero-order valence-electron chi connectivity index (χ0n) is 13.1. The number of piperazine rings is 1. The van der Waals surface area contributed by atoms with E-state index in [-0.39, 0.29) is 0 Å². The lowest BCUT2D eigenvalue weighted by molar-refractivity contribution is 0.518. The molecule has 1 aromatic carbocycles. The van der Waals surface area contributed by atoms with E-state index in [4.69, 9.17) is 11.6 Å². The number of anilines is 1. The Morgan fingerprint density at radius 2 is 1.70 bits per heavy atom. The van der Waals surface area contributed by atoms with E-state index in [0.717, 1.165) is 31.2 Å². The summed E-state index contributed by atoms with van der Waals surface area (Å²) in [6.07, 6.45) is 0. The van der Waals surface area contributed by atoms with E-state index in [9.17, 15) is 0 Å². The normalized spacial score (nSPS) is 15.2. The van der Waals surface area contributed by atoms with Gasteiger partial charge in [-0.3, -0.25) is 0 Å². The van der Waals surface area contributed by atoms with E-state index in [1.54, 1.807) is 0 Å². The molecular formula is C16H28ClN3. The van der Waals surface area contributed by atoms with Crippen molar-refractivity contribution in [2.75, 3.05) is 31.1 Å². The van der Waals surface area contributed by atoms with E-state index in [0.29, 0.717) is 12.1 Å². The molecule has 1 fully saturated rings. The van der Waals surface area contributed by atoms with Gasteiger partial charge in [0.1, 0.15) is 0 Å². The molecule has 0 radical (unpaired) electrons. The molecule has 1 aliphatic heterocycles. The summed E-state index contributed by atoms with van der Waals surface area (Å²) in [5.41, 5.74) is 1.23. The monoisotopic (exact) mass is 297 g/mol. The maximum atomic E-state index is 5.92. The van der Waals surface area contributed by atoms with Gasteiger partial charge in [0.2, 0.25) is 0 Å². The largest absolute Gasteiger partial charge is 0.369 e. The molecule has 4 heteroatoms. The SMILES string of the molecule is CC(C)NC(C)C.Clc1cccc(N2CCNCC2)c1. The van der Waals surface area contributed by atoms with Crippen LogP contribution in [-0.2, 0) is 0 Å². The third-order valence-corrected chi connectivity index (χ3v) is 3.19. The van der Waals surface area contributed by atoms with Crippen LogP contribution in [0.25, 0.3) is 0 Å². The van der Waals surface area contributed by atoms with Crippen LogP contribution in [0.5, 0.6) is 0 Å². The van der Waals surface area contributed by atoms with Gasteiger partial charge in [-0.15, -0.1) is 0 Å². The molecule has 0 aliphatic carbocycles. The standard InChI is InChI=1S/C10H13ClN2.C6H15N/c11-9-2-1-3-10(8-9)13-6-4-12-5-7-13;1-5(2)7-6(3)4/h1-3,8,12H,4-7H2;5-7H,1-4H3. The topological polar surface area (TPSA) is 27.3 Å². The van der Waals surface area contributed by atoms with Gasteiger partial charge < -0.3 is 15.5 Å². The van der Waals surface area contributed by atoms with E-state index in [2.05, 4.69) is 49.3 Å². The molecular weight excluding hydrogens is 270 g/mol. The van der Waals surface area contributed by atoms with Crippen LogP contribution in [0.1, 0.15) is 27.7 Å². The molecule has 20 heavy (non-hydrogen) atoms. The van der Waals surface area contributed by atoms with Crippen molar-refractivity contribution in [2.45, 2.75) is 39.8 Å². The summed E-state index contributed by atoms with van der Waals surface area (Å²) in [5, 5.41) is 7.45. The maximum absolute atomic E-state index is 5.92. The van der Waals surface area contributed by atoms with Crippen molar-refractivity contribution < 1.29 is 0 Å². The molecule has 3 nitrogen and oxygen atoms in total. The molecule has 0 aromatic heterocycles. The number of halogens is 1. The first-order chi connectivity index (χ1) is 9.49. The predicted octanol–water partition coefficient (Wildman–Crippen LogP) is 3.14. The van der Waals surface area contributed by atoms with E-state index in [1.165, 1.54) is 5.69 Å². The van der Waals surface area contributed by atoms with Crippen LogP contribution in [-0.4, -0.2) is 38.3 Å². The van der Waals surface area contributed by atoms with Crippen LogP contribution in [0.4, 0.5) is 5.69 Å². The summed E-state index contributed by atoms with van der Waals surface area (Å²) in [5.74, 6) is 0. The van der Waals surface area contributed by atoms with Crippen molar-refractivity contribution in [1.29, 1.82) is 0 Å². The number of hydrogen-bond donors (Lipinski definition) is 2. The molecule has 0 saturated carbocycles. The molecule has 1 heterocycles. The number of benzene rings is 1. The minimum absolute atomic E-state index is 0.625. The van der Waals surface area contributed by atoms with Crippen molar-refractivity contribution in [2.24, 2.45) is 0 Å². The average Bonchev–Trinajstić information content (AvgIpc) is 2.39. The predicted molar refractivity (Wildman–Crippen MR) is 89.9 cm³/mol. The number of nitrogens with one attached hydrogen (secondary N) is 2. The third-order valence-electron chi connectivity index (χ3n) is 2.96. The van der Waals surface area contributed by atoms with Crippen LogP contribution in [0.2, 0.25) is 5.02 Å². The summed E-state index contributed by atoms with van der Waals surface area (Å²) in [6, 6.07) is 9.29. The molecule has 2 N–H and O–H groups in total. The number of nitrogens with zero attached hydrogens (tertiary/aromatic N) is 1. The van der Waals surface area contributed by atoms with Crippen molar-refractivity contribution in [1.82, 2.24) is 10.6 Å². The van der Waals surface area contributed by atoms with Gasteiger partial charge in [-0.1, -0.05) is 45.4 Å². The Bertz CT molecular complexity index is 368. The molecule has 0 atom stereocenters. The smallest absolute Gasteiger partial charge is 0.0426 e. The van der Waals surface area contributed by atoms with Crippen LogP contribution in [0.15, 0.2) is 24.3 Å². The fourth-order valence-electron chi connectivity index (χ4n) is 2.26. The van der Waals surface area contributed by atoms with Crippen molar-refractivity contribution >= 4 is 17.3 Å². The Labute approximate surface area is 128 Å². The Kier molecular flexibility index (Phi) is 7.97. The Balaban J connectivity index is 0.000000246. The van der Waals surface area contributed by atoms with Crippen molar-refractivity contribution in [3.63, 3.8) is 0 Å². The fraction of sp³-hybridized carbons (Fsp3) is 0.625. The van der Waals surface area contributed by atoms with E-state index in [1.807, 2.05) is 18.2 Å². The van der Waals surface area contributed by atoms with Gasteiger partial charge in [0.25, 0.3) is 0 Å². The zero-order chi connectivity index (χ0) is 15.0. The zero-order valence-corrected chi connectivity index (χ0v) is 13.9. The molecule has 0 spiro atoms. The third kappa shape index (κ3) is 7.13. The highest BCUT2D eigenvalue weighted by atomic mass is 35.5. The Morgan fingerprint density at radius 3 is 2.15 bits per heavy atom. The number of rotatable bonds is 3. The summed E-state index contributed by atoms with van der Waals surface area (Å²) >= 11 is 5.92. The van der Waals surface area contributed by atoms with E-state index < -0.39 is 0 Å². The second-order valence-electron chi connectivity index (χ2n) is 5.69. The van der Waals surface area contributed by atoms with Crippen LogP contribution in [0, 0.1) is 0 Å². The second kappa shape index (κ2) is 9.22. The van der Waals surface area contributed by atoms with Gasteiger partial charge >= 0.3 is 0 Å². The first-order valence-electron chi connectivity index (χ1n) is 7.46. The van der Waals surface area contributed by atoms with Gasteiger partial charge in [0, 0.05) is 49.0 Å². The summed E-state index contributed by atoms with van der Waals surface area (Å²) in [4.78, 5) is 2.35. The lowest BCUT2D eigenvalue weighted by Crippen LogP contribution is -2.43. The maximum Gasteiger partial charge on any atom is 0.0426 e. The second-order valence-corrected chi connectivity index (χ2v) is 6.13. The summed E-state index contributed by atoms with van der Waals surface area (Å²) in [7, 11) is 0. The lowest BCUT2D eigenvalue weighted by Gasteiger charge is -2.29. The highest BCUT2D eigenvalue weighted by Gasteiger charge is 2.09. The first-order valence-corrected chi connectivity index (χ1v) is 7.84. The highest BCUT2D eigenvalue weighted by molar-refractivity contribution is 6.30. The minimum Gasteiger partial charge on any atom is -0.369 e. The van der Waals surface area contributed by atoms with Crippen LogP contribution >= 0.6 is 11.6 Å². The Morgan fingerprint density at radius 1 is 1.10 bits per heavy atom. The molecule has 0 bridgehead atoms. The molecule has 1 aromatic rings. The molecule has 1 aliphatic rings. The van der Waals surface area contributed by atoms with Gasteiger partial charge in [-0.25, -0.2) is 0 Å². The van der Waals surface area contributed by atoms with Crippen LogP contribution < -0.4 is 15.5 Å². The van der Waals surface area contributed by atoms with E-state index >= 15 is 0 Å². The highest BCUT2D eigenvalue weighted by Crippen LogP contribution is 2.19. The molecule has 1 saturated heterocycles. The Hall–Kier alpha value is -0.770. The fourth-order valence-corrected chi connectivity index (χ4v) is 2.45. The number of hydrogen-bond acceptors (Lipinski definition) is 3. The minimum atomic E-state index is 0.625. The first kappa shape index (κ1) is 17.3. The van der Waals surface area contributed by atoms with Crippen LogP contribution in [0.3, 0.4) is 0 Å². The summed E-state index contributed by atoms with van der Waals surface area (Å²) in [6.45, 7) is 12.9. The molecule has 2 rings (SSSR count). The average molecular weight is 298 g/mol. The van der Waals surface area contributed by atoms with Crippen molar-refractivity contribution in [3.8, 4) is 0 Å². The van der Waals surface area contributed by atoms with Gasteiger partial charge in [-0.05, 0) is 18.2 Å². The molecule has 0 unspecified atom stereocenters. The van der Waals surface area contributed by atoms with Crippen molar-refractivity contribution in [3.05, 3.63) is 29.3 Å². The summed E-state index contributed by atoms with van der Waals surface area (Å²) < 4.78 is 0. The molecule has 114 valence electrons.